The van der Waals surface area contributed by atoms with Crippen molar-refractivity contribution in [2.75, 3.05) is 6.54 Å². The summed E-state index contributed by atoms with van der Waals surface area (Å²) in [5, 5.41) is 0. The van der Waals surface area contributed by atoms with Crippen molar-refractivity contribution in [2.45, 2.75) is 50.0 Å². The maximum absolute atomic E-state index is 13.2. The molecular weight excluding hydrogens is 337 g/mol. The molecule has 0 unspecified atom stereocenters. The first-order valence-corrected chi connectivity index (χ1v) is 10.0. The van der Waals surface area contributed by atoms with Crippen LogP contribution in [-0.4, -0.2) is 19.3 Å². The molecule has 0 aliphatic carbocycles. The van der Waals surface area contributed by atoms with Crippen LogP contribution in [0.15, 0.2) is 53.4 Å². The van der Waals surface area contributed by atoms with Crippen molar-refractivity contribution in [1.29, 1.82) is 0 Å². The van der Waals surface area contributed by atoms with Gasteiger partial charge in [-0.3, -0.25) is 0 Å². The van der Waals surface area contributed by atoms with E-state index in [-0.39, 0.29) is 17.3 Å². The fourth-order valence-corrected chi connectivity index (χ4v) is 4.99. The lowest BCUT2D eigenvalue weighted by Gasteiger charge is -2.25. The minimum atomic E-state index is -3.57. The van der Waals surface area contributed by atoms with Crippen LogP contribution < -0.4 is 0 Å². The molecule has 1 aliphatic rings. The van der Waals surface area contributed by atoms with Gasteiger partial charge in [0.1, 0.15) is 5.82 Å². The quantitative estimate of drug-likeness (QED) is 0.798. The van der Waals surface area contributed by atoms with E-state index in [1.54, 1.807) is 28.6 Å². The van der Waals surface area contributed by atoms with Gasteiger partial charge in [-0.2, -0.15) is 4.31 Å². The second-order valence-electron chi connectivity index (χ2n) is 7.60. The zero-order valence-electron chi connectivity index (χ0n) is 14.9. The monoisotopic (exact) mass is 361 g/mol. The minimum absolute atomic E-state index is 0.0212. The third kappa shape index (κ3) is 3.62. The van der Waals surface area contributed by atoms with Gasteiger partial charge < -0.3 is 0 Å². The fraction of sp³-hybridized carbons (Fsp3) is 0.400. The second kappa shape index (κ2) is 6.54. The Morgan fingerprint density at radius 1 is 1.00 bits per heavy atom. The summed E-state index contributed by atoms with van der Waals surface area (Å²) in [7, 11) is -3.57. The van der Waals surface area contributed by atoms with Crippen LogP contribution >= 0.6 is 0 Å². The summed E-state index contributed by atoms with van der Waals surface area (Å²) in [5.41, 5.74) is 1.92. The first-order valence-electron chi connectivity index (χ1n) is 8.57. The molecule has 3 nitrogen and oxygen atoms in total. The van der Waals surface area contributed by atoms with Crippen molar-refractivity contribution < 1.29 is 12.8 Å². The molecule has 134 valence electrons. The van der Waals surface area contributed by atoms with Crippen molar-refractivity contribution >= 4 is 10.0 Å². The van der Waals surface area contributed by atoms with E-state index in [2.05, 4.69) is 20.8 Å². The normalized spacial score (nSPS) is 19.3. The third-order valence-corrected chi connectivity index (χ3v) is 6.71. The molecule has 5 heteroatoms. The highest BCUT2D eigenvalue weighted by Crippen LogP contribution is 2.37. The SMILES string of the molecule is CC(C)(C)c1ccc(S(=O)(=O)N2CCC[C@@H]2c2ccc(F)cc2)cc1. The number of hydrogen-bond donors (Lipinski definition) is 0. The van der Waals surface area contributed by atoms with Gasteiger partial charge in [-0.15, -0.1) is 0 Å². The molecule has 0 aromatic heterocycles. The minimum Gasteiger partial charge on any atom is -0.207 e. The smallest absolute Gasteiger partial charge is 0.207 e. The summed E-state index contributed by atoms with van der Waals surface area (Å²) >= 11 is 0. The second-order valence-corrected chi connectivity index (χ2v) is 9.49. The third-order valence-electron chi connectivity index (χ3n) is 4.79. The topological polar surface area (TPSA) is 37.4 Å². The van der Waals surface area contributed by atoms with Crippen LogP contribution in [0.4, 0.5) is 4.39 Å². The summed E-state index contributed by atoms with van der Waals surface area (Å²) in [6, 6.07) is 13.0. The summed E-state index contributed by atoms with van der Waals surface area (Å²) in [5.74, 6) is -0.311. The van der Waals surface area contributed by atoms with Gasteiger partial charge in [-0.25, -0.2) is 12.8 Å². The molecule has 0 amide bonds. The first-order chi connectivity index (χ1) is 11.7. The van der Waals surface area contributed by atoms with E-state index < -0.39 is 10.0 Å². The zero-order chi connectivity index (χ0) is 18.2. The molecule has 2 aromatic rings. The number of halogens is 1. The molecule has 1 heterocycles. The van der Waals surface area contributed by atoms with E-state index in [1.807, 2.05) is 12.1 Å². The van der Waals surface area contributed by atoms with Crippen LogP contribution in [0.2, 0.25) is 0 Å². The van der Waals surface area contributed by atoms with Crippen molar-refractivity contribution in [1.82, 2.24) is 4.31 Å². The highest BCUT2D eigenvalue weighted by Gasteiger charge is 2.36. The summed E-state index contributed by atoms with van der Waals surface area (Å²) in [6.07, 6.45) is 1.56. The van der Waals surface area contributed by atoms with E-state index >= 15 is 0 Å². The molecule has 2 aromatic carbocycles. The van der Waals surface area contributed by atoms with Gasteiger partial charge in [-0.05, 0) is 53.6 Å². The maximum atomic E-state index is 13.2. The molecule has 0 radical (unpaired) electrons. The van der Waals surface area contributed by atoms with Crippen LogP contribution in [0.3, 0.4) is 0 Å². The van der Waals surface area contributed by atoms with E-state index in [0.29, 0.717) is 11.4 Å². The molecule has 0 spiro atoms. The van der Waals surface area contributed by atoms with Gasteiger partial charge in [0, 0.05) is 6.54 Å². The van der Waals surface area contributed by atoms with E-state index in [4.69, 9.17) is 0 Å². The zero-order valence-corrected chi connectivity index (χ0v) is 15.7. The molecule has 1 atom stereocenters. The highest BCUT2D eigenvalue weighted by molar-refractivity contribution is 7.89. The van der Waals surface area contributed by atoms with Crippen molar-refractivity contribution in [3.63, 3.8) is 0 Å². The lowest BCUT2D eigenvalue weighted by atomic mass is 9.87. The van der Waals surface area contributed by atoms with Gasteiger partial charge in [0.25, 0.3) is 0 Å². The van der Waals surface area contributed by atoms with Gasteiger partial charge in [-0.1, -0.05) is 45.0 Å². The van der Waals surface area contributed by atoms with E-state index in [1.165, 1.54) is 12.1 Å². The molecule has 0 N–H and O–H groups in total. The largest absolute Gasteiger partial charge is 0.243 e. The molecule has 25 heavy (non-hydrogen) atoms. The Bertz CT molecular complexity index is 837. The van der Waals surface area contributed by atoms with Crippen LogP contribution in [0.1, 0.15) is 50.8 Å². The lowest BCUT2D eigenvalue weighted by Crippen LogP contribution is -2.30. The molecule has 1 fully saturated rings. The Morgan fingerprint density at radius 2 is 1.60 bits per heavy atom. The summed E-state index contributed by atoms with van der Waals surface area (Å²) < 4.78 is 40.9. The van der Waals surface area contributed by atoms with Crippen molar-refractivity contribution in [3.05, 3.63) is 65.5 Å². The maximum Gasteiger partial charge on any atom is 0.243 e. The Hall–Kier alpha value is -1.72. The number of rotatable bonds is 3. The molecule has 1 aliphatic heterocycles. The predicted octanol–water partition coefficient (Wildman–Crippen LogP) is 4.65. The van der Waals surface area contributed by atoms with Crippen LogP contribution in [0.25, 0.3) is 0 Å². The summed E-state index contributed by atoms with van der Waals surface area (Å²) in [6.45, 7) is 6.79. The Morgan fingerprint density at radius 3 is 2.16 bits per heavy atom. The number of nitrogens with zero attached hydrogens (tertiary/aromatic N) is 1. The van der Waals surface area contributed by atoms with E-state index in [9.17, 15) is 12.8 Å². The van der Waals surface area contributed by atoms with Gasteiger partial charge >= 0.3 is 0 Å². The number of hydrogen-bond acceptors (Lipinski definition) is 2. The molecule has 1 saturated heterocycles. The molecular formula is C20H24FNO2S. The van der Waals surface area contributed by atoms with Crippen molar-refractivity contribution in [2.24, 2.45) is 0 Å². The van der Waals surface area contributed by atoms with Crippen molar-refractivity contribution in [3.8, 4) is 0 Å². The molecule has 0 saturated carbocycles. The standard InChI is InChI=1S/C20H24FNO2S/c1-20(2,3)16-8-12-18(13-9-16)25(23,24)22-14-4-5-19(22)15-6-10-17(21)11-7-15/h6-13,19H,4-5,14H2,1-3H3/t19-/m1/s1. The Kier molecular flexibility index (Phi) is 4.73. The lowest BCUT2D eigenvalue weighted by molar-refractivity contribution is 0.396. The van der Waals surface area contributed by atoms with Gasteiger partial charge in [0.15, 0.2) is 0 Å². The average molecular weight is 361 g/mol. The van der Waals surface area contributed by atoms with Crippen LogP contribution in [0.5, 0.6) is 0 Å². The number of sulfonamides is 1. The van der Waals surface area contributed by atoms with E-state index in [0.717, 1.165) is 24.0 Å². The predicted molar refractivity (Wildman–Crippen MR) is 97.4 cm³/mol. The van der Waals surface area contributed by atoms with Crippen LogP contribution in [0, 0.1) is 5.82 Å². The summed E-state index contributed by atoms with van der Waals surface area (Å²) in [4.78, 5) is 0.314. The fourth-order valence-electron chi connectivity index (χ4n) is 3.31. The molecule has 0 bridgehead atoms. The van der Waals surface area contributed by atoms with Crippen LogP contribution in [-0.2, 0) is 15.4 Å². The first kappa shape index (κ1) is 18.1. The average Bonchev–Trinajstić information content (AvgIpc) is 3.05. The Balaban J connectivity index is 1.92. The molecule has 3 rings (SSSR count). The van der Waals surface area contributed by atoms with Gasteiger partial charge in [0.2, 0.25) is 10.0 Å². The Labute approximate surface area is 149 Å². The number of benzene rings is 2. The highest BCUT2D eigenvalue weighted by atomic mass is 32.2. The van der Waals surface area contributed by atoms with Gasteiger partial charge in [0.05, 0.1) is 10.9 Å².